The van der Waals surface area contributed by atoms with E-state index in [1.165, 1.54) is 0 Å². The molecule has 8 nitrogen and oxygen atoms in total. The van der Waals surface area contributed by atoms with Crippen molar-refractivity contribution >= 4 is 68.7 Å². The third-order valence-electron chi connectivity index (χ3n) is 9.07. The fraction of sp³-hybridized carbons (Fsp3) is 0.205. The van der Waals surface area contributed by atoms with Gasteiger partial charge in [-0.15, -0.1) is 0 Å². The molecule has 1 saturated heterocycles. The minimum Gasteiger partial charge on any atom is -0.351 e. The minimum atomic E-state index is -0.333. The average molecular weight is 694 g/mol. The van der Waals surface area contributed by atoms with Gasteiger partial charge >= 0.3 is 0 Å². The third-order valence-corrected chi connectivity index (χ3v) is 9.56. The monoisotopic (exact) mass is 692 g/mol. The fourth-order valence-corrected chi connectivity index (χ4v) is 6.73. The van der Waals surface area contributed by atoms with Crippen LogP contribution in [0.25, 0.3) is 22.2 Å². The number of hydrogen-bond donors (Lipinski definition) is 2. The number of allylic oxidation sites excluding steroid dienone is 1. The zero-order chi connectivity index (χ0) is 34.7. The van der Waals surface area contributed by atoms with E-state index < -0.39 is 0 Å². The van der Waals surface area contributed by atoms with E-state index in [1.807, 2.05) is 71.6 Å². The summed E-state index contributed by atoms with van der Waals surface area (Å²) in [5.41, 5.74) is 6.18. The standard InChI is InChI=1S/C39H38Cl2N6O2/c1-5-47(26(3)29-13-15-30(40)16-14-29)37(25(2)28-10-7-6-8-11-28)35-32-18-17-31(41)24-34(32)43-36(35)39(49)44-33-12-9-19-42-38(33)46-22-20-45(21-23-46)27(4)48/h5-19,24,26,43H,1,20-23H2,2-4H3,(H,44,49)/b37-25+. The highest BCUT2D eigenvalue weighted by atomic mass is 35.5. The number of nitrogens with one attached hydrogen (secondary N) is 2. The van der Waals surface area contributed by atoms with Crippen LogP contribution in [0.2, 0.25) is 10.0 Å². The van der Waals surface area contributed by atoms with Crippen LogP contribution in [0, 0.1) is 0 Å². The molecule has 3 aromatic carbocycles. The molecular weight excluding hydrogens is 655 g/mol. The number of amides is 2. The van der Waals surface area contributed by atoms with Crippen LogP contribution in [0.3, 0.4) is 0 Å². The SMILES string of the molecule is C=CN(/C(=C(\C)c1ccccc1)c1c(C(=O)Nc2cccnc2N2CCN(C(C)=O)CC2)[nH]c2cc(Cl)ccc12)C(C)c1ccc(Cl)cc1. The maximum atomic E-state index is 14.6. The first-order valence-electron chi connectivity index (χ1n) is 16.2. The smallest absolute Gasteiger partial charge is 0.272 e. The highest BCUT2D eigenvalue weighted by Gasteiger charge is 2.29. The number of piperazine rings is 1. The maximum absolute atomic E-state index is 14.6. The predicted molar refractivity (Wildman–Crippen MR) is 201 cm³/mol. The lowest BCUT2D eigenvalue weighted by molar-refractivity contribution is -0.129. The van der Waals surface area contributed by atoms with Gasteiger partial charge in [-0.05, 0) is 73.1 Å². The lowest BCUT2D eigenvalue weighted by Crippen LogP contribution is -2.48. The van der Waals surface area contributed by atoms with Gasteiger partial charge in [0.15, 0.2) is 5.82 Å². The summed E-state index contributed by atoms with van der Waals surface area (Å²) in [5.74, 6) is 0.370. The van der Waals surface area contributed by atoms with Crippen LogP contribution in [0.15, 0.2) is 104 Å². The first-order chi connectivity index (χ1) is 23.7. The van der Waals surface area contributed by atoms with Crippen LogP contribution >= 0.6 is 23.2 Å². The van der Waals surface area contributed by atoms with Gasteiger partial charge in [0, 0.05) is 65.8 Å². The summed E-state index contributed by atoms with van der Waals surface area (Å²) < 4.78 is 0. The molecule has 1 fully saturated rings. The molecular formula is C39H38Cl2N6O2. The largest absolute Gasteiger partial charge is 0.351 e. The predicted octanol–water partition coefficient (Wildman–Crippen LogP) is 8.89. The molecule has 0 spiro atoms. The number of aromatic amines is 1. The van der Waals surface area contributed by atoms with E-state index in [0.29, 0.717) is 59.0 Å². The van der Waals surface area contributed by atoms with Gasteiger partial charge in [0.1, 0.15) is 5.69 Å². The van der Waals surface area contributed by atoms with E-state index >= 15 is 0 Å². The number of carbonyl (C=O) groups is 2. The van der Waals surface area contributed by atoms with Crippen molar-refractivity contribution in [1.82, 2.24) is 19.8 Å². The third kappa shape index (κ3) is 7.07. The molecule has 1 aliphatic heterocycles. The molecule has 1 atom stereocenters. The van der Waals surface area contributed by atoms with Crippen molar-refractivity contribution in [2.75, 3.05) is 36.4 Å². The summed E-state index contributed by atoms with van der Waals surface area (Å²) in [5, 5.41) is 5.20. The zero-order valence-electron chi connectivity index (χ0n) is 27.7. The van der Waals surface area contributed by atoms with E-state index in [2.05, 4.69) is 57.6 Å². The summed E-state index contributed by atoms with van der Waals surface area (Å²) >= 11 is 12.7. The Kier molecular flexibility index (Phi) is 10.1. The summed E-state index contributed by atoms with van der Waals surface area (Å²) in [4.78, 5) is 40.6. The van der Waals surface area contributed by atoms with Crippen LogP contribution in [-0.2, 0) is 4.79 Å². The summed E-state index contributed by atoms with van der Waals surface area (Å²) in [6, 6.07) is 26.9. The molecule has 0 aliphatic carbocycles. The molecule has 1 aliphatic rings. The Morgan fingerprint density at radius 2 is 1.63 bits per heavy atom. The first kappa shape index (κ1) is 33.8. The van der Waals surface area contributed by atoms with E-state index in [-0.39, 0.29) is 17.9 Å². The topological polar surface area (TPSA) is 84.6 Å². The van der Waals surface area contributed by atoms with Crippen molar-refractivity contribution in [3.63, 3.8) is 0 Å². The number of anilines is 2. The molecule has 3 heterocycles. The quantitative estimate of drug-likeness (QED) is 0.161. The second-order valence-corrected chi connectivity index (χ2v) is 12.9. The van der Waals surface area contributed by atoms with Crippen LogP contribution in [0.1, 0.15) is 54.0 Å². The Labute approximate surface area is 296 Å². The van der Waals surface area contributed by atoms with Crippen LogP contribution in [0.5, 0.6) is 0 Å². The molecule has 5 aromatic rings. The Morgan fingerprint density at radius 3 is 2.31 bits per heavy atom. The van der Waals surface area contributed by atoms with Gasteiger partial charge in [-0.25, -0.2) is 4.98 Å². The number of pyridine rings is 1. The Morgan fingerprint density at radius 1 is 0.939 bits per heavy atom. The van der Waals surface area contributed by atoms with Crippen molar-refractivity contribution in [3.8, 4) is 0 Å². The minimum absolute atomic E-state index is 0.0502. The Bertz CT molecular complexity index is 2030. The highest BCUT2D eigenvalue weighted by Crippen LogP contribution is 2.41. The number of carbonyl (C=O) groups excluding carboxylic acids is 2. The van der Waals surface area contributed by atoms with E-state index in [4.69, 9.17) is 23.2 Å². The molecule has 0 radical (unpaired) electrons. The van der Waals surface area contributed by atoms with E-state index in [1.54, 1.807) is 25.4 Å². The Hall–Kier alpha value is -5.05. The molecule has 250 valence electrons. The normalized spacial score (nSPS) is 14.3. The highest BCUT2D eigenvalue weighted by molar-refractivity contribution is 6.31. The van der Waals surface area contributed by atoms with Crippen molar-refractivity contribution in [3.05, 3.63) is 136 Å². The van der Waals surface area contributed by atoms with Gasteiger partial charge in [0.05, 0.1) is 17.4 Å². The fourth-order valence-electron chi connectivity index (χ4n) is 6.43. The lowest BCUT2D eigenvalue weighted by atomic mass is 9.95. The number of benzene rings is 3. The number of halogens is 2. The summed E-state index contributed by atoms with van der Waals surface area (Å²) in [7, 11) is 0. The summed E-state index contributed by atoms with van der Waals surface area (Å²) in [6.07, 6.45) is 3.51. The second-order valence-electron chi connectivity index (χ2n) is 12.0. The van der Waals surface area contributed by atoms with Crippen molar-refractivity contribution in [2.45, 2.75) is 26.8 Å². The van der Waals surface area contributed by atoms with Crippen LogP contribution < -0.4 is 10.2 Å². The molecule has 0 bridgehead atoms. The molecule has 6 rings (SSSR count). The maximum Gasteiger partial charge on any atom is 0.272 e. The molecule has 2 aromatic heterocycles. The second kappa shape index (κ2) is 14.6. The number of rotatable bonds is 9. The van der Waals surface area contributed by atoms with Crippen LogP contribution in [0.4, 0.5) is 11.5 Å². The van der Waals surface area contributed by atoms with Gasteiger partial charge in [0.2, 0.25) is 5.91 Å². The molecule has 1 unspecified atom stereocenters. The number of nitrogens with zero attached hydrogens (tertiary/aromatic N) is 4. The van der Waals surface area contributed by atoms with Gasteiger partial charge in [-0.3, -0.25) is 9.59 Å². The van der Waals surface area contributed by atoms with Crippen LogP contribution in [-0.4, -0.2) is 57.8 Å². The molecule has 0 saturated carbocycles. The van der Waals surface area contributed by atoms with Gasteiger partial charge in [0.25, 0.3) is 5.91 Å². The van der Waals surface area contributed by atoms with Gasteiger partial charge in [-0.1, -0.05) is 78.3 Å². The molecule has 2 amide bonds. The lowest BCUT2D eigenvalue weighted by Gasteiger charge is -2.35. The van der Waals surface area contributed by atoms with Gasteiger partial charge < -0.3 is 25.0 Å². The number of H-pyrrole nitrogens is 1. The zero-order valence-corrected chi connectivity index (χ0v) is 29.2. The molecule has 2 N–H and O–H groups in total. The van der Waals surface area contributed by atoms with Crippen molar-refractivity contribution in [1.29, 1.82) is 0 Å². The van der Waals surface area contributed by atoms with E-state index in [0.717, 1.165) is 33.3 Å². The first-order valence-corrected chi connectivity index (χ1v) is 16.9. The summed E-state index contributed by atoms with van der Waals surface area (Å²) in [6.45, 7) is 12.4. The van der Waals surface area contributed by atoms with E-state index in [9.17, 15) is 9.59 Å². The van der Waals surface area contributed by atoms with Gasteiger partial charge in [-0.2, -0.15) is 0 Å². The van der Waals surface area contributed by atoms with Crippen molar-refractivity contribution in [2.24, 2.45) is 0 Å². The number of fused-ring (bicyclic) bond motifs is 1. The number of aromatic nitrogens is 2. The molecule has 49 heavy (non-hydrogen) atoms. The Balaban J connectivity index is 1.49. The average Bonchev–Trinajstić information content (AvgIpc) is 3.49. The molecule has 10 heteroatoms. The van der Waals surface area contributed by atoms with Crippen molar-refractivity contribution < 1.29 is 9.59 Å². The number of hydrogen-bond acceptors (Lipinski definition) is 5.